The van der Waals surface area contributed by atoms with Crippen molar-refractivity contribution in [3.8, 4) is 5.75 Å². The van der Waals surface area contributed by atoms with Gasteiger partial charge in [0.2, 0.25) is 0 Å². The number of hydrogen-bond acceptors (Lipinski definition) is 6. The fourth-order valence-electron chi connectivity index (χ4n) is 3.20. The van der Waals surface area contributed by atoms with Crippen molar-refractivity contribution in [1.29, 1.82) is 0 Å². The first-order valence-corrected chi connectivity index (χ1v) is 10.2. The van der Waals surface area contributed by atoms with Gasteiger partial charge < -0.3 is 25.2 Å². The van der Waals surface area contributed by atoms with Gasteiger partial charge in [-0.3, -0.25) is 0 Å². The summed E-state index contributed by atoms with van der Waals surface area (Å²) in [5, 5.41) is 38.9. The SMILES string of the molecule is CCc1ccc(Cc2cc(F)ccc2O[C@H]2S[C@@H](CO)[C@@H](O)[C@H](O)[C@H]2O)cc1. The van der Waals surface area contributed by atoms with E-state index in [0.717, 1.165) is 23.7 Å². The van der Waals surface area contributed by atoms with E-state index in [0.29, 0.717) is 17.7 Å². The molecule has 0 aromatic heterocycles. The molecule has 4 N–H and O–H groups in total. The Morgan fingerprint density at radius 2 is 1.64 bits per heavy atom. The second kappa shape index (κ2) is 9.24. The Morgan fingerprint density at radius 3 is 2.29 bits per heavy atom. The molecule has 0 amide bonds. The Balaban J connectivity index is 1.81. The van der Waals surface area contributed by atoms with E-state index in [1.165, 1.54) is 23.8 Å². The maximum atomic E-state index is 13.8. The maximum absolute atomic E-state index is 13.8. The lowest BCUT2D eigenvalue weighted by molar-refractivity contribution is -0.0910. The van der Waals surface area contributed by atoms with Crippen molar-refractivity contribution in [1.82, 2.24) is 0 Å². The Bertz CT molecular complexity index is 783. The molecule has 1 saturated heterocycles. The van der Waals surface area contributed by atoms with E-state index < -0.39 is 34.8 Å². The van der Waals surface area contributed by atoms with Gasteiger partial charge in [0.1, 0.15) is 23.8 Å². The molecule has 1 heterocycles. The van der Waals surface area contributed by atoms with Crippen LogP contribution in [-0.2, 0) is 12.8 Å². The Kier molecular flexibility index (Phi) is 6.95. The van der Waals surface area contributed by atoms with Crippen LogP contribution in [0.5, 0.6) is 5.75 Å². The van der Waals surface area contributed by atoms with Crippen LogP contribution < -0.4 is 4.74 Å². The number of rotatable bonds is 6. The number of aliphatic hydroxyl groups is 4. The van der Waals surface area contributed by atoms with Crippen molar-refractivity contribution in [2.75, 3.05) is 6.61 Å². The van der Waals surface area contributed by atoms with Crippen molar-refractivity contribution in [2.24, 2.45) is 0 Å². The van der Waals surface area contributed by atoms with Gasteiger partial charge in [0, 0.05) is 12.0 Å². The number of aryl methyl sites for hydroxylation is 1. The number of hydrogen-bond donors (Lipinski definition) is 4. The normalized spacial score (nSPS) is 27.6. The summed E-state index contributed by atoms with van der Waals surface area (Å²) in [5.41, 5.74) is 1.91. The Morgan fingerprint density at radius 1 is 0.964 bits per heavy atom. The summed E-state index contributed by atoms with van der Waals surface area (Å²) in [6.07, 6.45) is -2.65. The van der Waals surface area contributed by atoms with Crippen LogP contribution in [0.4, 0.5) is 4.39 Å². The highest BCUT2D eigenvalue weighted by Gasteiger charge is 2.44. The molecule has 0 radical (unpaired) electrons. The molecule has 5 nitrogen and oxygen atoms in total. The number of ether oxygens (including phenoxy) is 1. The molecule has 0 saturated carbocycles. The molecule has 152 valence electrons. The third-order valence-corrected chi connectivity index (χ3v) is 6.36. The Hall–Kier alpha value is -1.64. The Labute approximate surface area is 167 Å². The fourth-order valence-corrected chi connectivity index (χ4v) is 4.44. The average molecular weight is 408 g/mol. The van der Waals surface area contributed by atoms with Gasteiger partial charge in [-0.15, -0.1) is 11.8 Å². The van der Waals surface area contributed by atoms with E-state index in [4.69, 9.17) is 4.74 Å². The van der Waals surface area contributed by atoms with Gasteiger partial charge in [-0.05, 0) is 35.7 Å². The molecule has 5 atom stereocenters. The summed E-state index contributed by atoms with van der Waals surface area (Å²) >= 11 is 1.04. The minimum absolute atomic E-state index is 0.366. The third-order valence-electron chi connectivity index (χ3n) is 4.94. The summed E-state index contributed by atoms with van der Waals surface area (Å²) in [5.74, 6) is -0.00846. The van der Waals surface area contributed by atoms with Crippen LogP contribution in [0.15, 0.2) is 42.5 Å². The summed E-state index contributed by atoms with van der Waals surface area (Å²) in [6.45, 7) is 1.71. The minimum atomic E-state index is -1.44. The van der Waals surface area contributed by atoms with Gasteiger partial charge in [0.05, 0.1) is 18.0 Å². The van der Waals surface area contributed by atoms with Crippen molar-refractivity contribution < 1.29 is 29.6 Å². The molecule has 0 spiro atoms. The monoisotopic (exact) mass is 408 g/mol. The molecule has 28 heavy (non-hydrogen) atoms. The van der Waals surface area contributed by atoms with E-state index >= 15 is 0 Å². The van der Waals surface area contributed by atoms with Crippen LogP contribution in [0.1, 0.15) is 23.6 Å². The van der Waals surface area contributed by atoms with Gasteiger partial charge in [-0.1, -0.05) is 31.2 Å². The van der Waals surface area contributed by atoms with Crippen molar-refractivity contribution in [3.05, 3.63) is 65.0 Å². The number of benzene rings is 2. The maximum Gasteiger partial charge on any atom is 0.173 e. The zero-order valence-electron chi connectivity index (χ0n) is 15.5. The van der Waals surface area contributed by atoms with Crippen molar-refractivity contribution >= 4 is 11.8 Å². The van der Waals surface area contributed by atoms with Gasteiger partial charge >= 0.3 is 0 Å². The second-order valence-corrected chi connectivity index (χ2v) is 8.26. The van der Waals surface area contributed by atoms with Crippen LogP contribution in [0.2, 0.25) is 0 Å². The van der Waals surface area contributed by atoms with E-state index in [2.05, 4.69) is 6.92 Å². The van der Waals surface area contributed by atoms with Gasteiger partial charge in [0.25, 0.3) is 0 Å². The van der Waals surface area contributed by atoms with E-state index in [-0.39, 0.29) is 6.61 Å². The quantitative estimate of drug-likeness (QED) is 0.584. The number of thioether (sulfide) groups is 1. The fraction of sp³-hybridized carbons (Fsp3) is 0.429. The molecule has 0 unspecified atom stereocenters. The van der Waals surface area contributed by atoms with E-state index in [1.54, 1.807) is 0 Å². The summed E-state index contributed by atoms with van der Waals surface area (Å²) in [7, 11) is 0. The minimum Gasteiger partial charge on any atom is -0.477 e. The molecule has 0 aliphatic carbocycles. The van der Waals surface area contributed by atoms with Gasteiger partial charge in [-0.25, -0.2) is 4.39 Å². The molecule has 1 aliphatic rings. The first-order valence-electron chi connectivity index (χ1n) is 9.26. The van der Waals surface area contributed by atoms with E-state index in [1.807, 2.05) is 24.3 Å². The molecule has 2 aromatic rings. The molecule has 1 aliphatic heterocycles. The number of aliphatic hydroxyl groups excluding tert-OH is 4. The van der Waals surface area contributed by atoms with Gasteiger partial charge in [0.15, 0.2) is 5.44 Å². The molecule has 1 fully saturated rings. The molecular formula is C21H25FO5S. The summed E-state index contributed by atoms with van der Waals surface area (Å²) in [4.78, 5) is 0. The molecule has 2 aromatic carbocycles. The van der Waals surface area contributed by atoms with Crippen LogP contribution in [0.3, 0.4) is 0 Å². The molecule has 3 rings (SSSR count). The largest absolute Gasteiger partial charge is 0.477 e. The topological polar surface area (TPSA) is 90.2 Å². The highest BCUT2D eigenvalue weighted by atomic mass is 32.2. The first kappa shape index (κ1) is 21.1. The molecule has 0 bridgehead atoms. The first-order chi connectivity index (χ1) is 13.4. The second-order valence-electron chi connectivity index (χ2n) is 6.91. The number of halogens is 1. The van der Waals surface area contributed by atoms with E-state index in [9.17, 15) is 24.8 Å². The van der Waals surface area contributed by atoms with Crippen LogP contribution >= 0.6 is 11.8 Å². The summed E-state index contributed by atoms with van der Waals surface area (Å²) in [6, 6.07) is 12.2. The lowest BCUT2D eigenvalue weighted by atomic mass is 10.0. The average Bonchev–Trinajstić information content (AvgIpc) is 2.70. The standard InChI is InChI=1S/C21H25FO5S/c1-2-12-3-5-13(6-4-12)9-14-10-15(22)7-8-16(14)27-21-20(26)19(25)18(24)17(11-23)28-21/h3-8,10,17-21,23-26H,2,9,11H2,1H3/t17-,18+,19-,20+,21-/m0/s1. The molecular weight excluding hydrogens is 383 g/mol. The highest BCUT2D eigenvalue weighted by Crippen LogP contribution is 2.35. The van der Waals surface area contributed by atoms with Gasteiger partial charge in [-0.2, -0.15) is 0 Å². The summed E-state index contributed by atoms with van der Waals surface area (Å²) < 4.78 is 19.7. The smallest absolute Gasteiger partial charge is 0.173 e. The highest BCUT2D eigenvalue weighted by molar-refractivity contribution is 8.00. The van der Waals surface area contributed by atoms with Crippen molar-refractivity contribution in [2.45, 2.75) is 48.8 Å². The van der Waals surface area contributed by atoms with Crippen LogP contribution in [-0.4, -0.2) is 56.0 Å². The molecule has 7 heteroatoms. The third kappa shape index (κ3) is 4.67. The predicted molar refractivity (Wildman–Crippen MR) is 106 cm³/mol. The lowest BCUT2D eigenvalue weighted by Crippen LogP contribution is -2.55. The predicted octanol–water partition coefficient (Wildman–Crippen LogP) is 1.87. The van der Waals surface area contributed by atoms with Crippen molar-refractivity contribution in [3.63, 3.8) is 0 Å². The lowest BCUT2D eigenvalue weighted by Gasteiger charge is -2.39. The zero-order valence-corrected chi connectivity index (χ0v) is 16.3. The zero-order chi connectivity index (χ0) is 20.3. The van der Waals surface area contributed by atoms with Crippen LogP contribution in [0.25, 0.3) is 0 Å². The van der Waals surface area contributed by atoms with Crippen LogP contribution in [0, 0.1) is 5.82 Å².